The minimum Gasteiger partial charge on any atom is -0.309 e. The van der Waals surface area contributed by atoms with E-state index in [0.717, 1.165) is 18.7 Å². The molecule has 0 radical (unpaired) electrons. The molecular weight excluding hydrogens is 228 g/mol. The van der Waals surface area contributed by atoms with Crippen LogP contribution in [0.3, 0.4) is 0 Å². The van der Waals surface area contributed by atoms with Crippen LogP contribution in [0.4, 0.5) is 0 Å². The fraction of sp³-hybridized carbons (Fsp3) is 0.357. The molecule has 0 saturated heterocycles. The van der Waals surface area contributed by atoms with E-state index in [1.54, 1.807) is 11.3 Å². The molecule has 0 aliphatic rings. The number of benzene rings is 1. The third-order valence-corrected chi connectivity index (χ3v) is 3.79. The third kappa shape index (κ3) is 3.14. The van der Waals surface area contributed by atoms with Crippen molar-refractivity contribution in [2.45, 2.75) is 13.3 Å². The van der Waals surface area contributed by atoms with Gasteiger partial charge in [-0.05, 0) is 38.6 Å². The largest absolute Gasteiger partial charge is 0.309 e. The molecule has 0 N–H and O–H groups in total. The van der Waals surface area contributed by atoms with Crippen LogP contribution in [0.25, 0.3) is 10.4 Å². The Morgan fingerprint density at radius 1 is 1.18 bits per heavy atom. The van der Waals surface area contributed by atoms with Gasteiger partial charge in [0.05, 0.1) is 16.1 Å². The lowest BCUT2D eigenvalue weighted by atomic mass is 10.1. The van der Waals surface area contributed by atoms with Crippen molar-refractivity contribution in [3.05, 3.63) is 41.0 Å². The highest BCUT2D eigenvalue weighted by atomic mass is 32.1. The second-order valence-corrected chi connectivity index (χ2v) is 5.37. The minimum absolute atomic E-state index is 1.10. The summed E-state index contributed by atoms with van der Waals surface area (Å²) in [5, 5.41) is 0. The molecular formula is C14H18N2S. The number of thiazole rings is 1. The molecule has 0 fully saturated rings. The Balaban J connectivity index is 2.11. The molecule has 1 aromatic heterocycles. The zero-order valence-electron chi connectivity index (χ0n) is 10.6. The predicted molar refractivity (Wildman–Crippen MR) is 74.5 cm³/mol. The van der Waals surface area contributed by atoms with Gasteiger partial charge < -0.3 is 4.90 Å². The molecule has 2 aromatic rings. The maximum Gasteiger partial charge on any atom is 0.0801 e. The van der Waals surface area contributed by atoms with E-state index in [-0.39, 0.29) is 0 Å². The molecule has 0 unspecified atom stereocenters. The fourth-order valence-electron chi connectivity index (χ4n) is 1.75. The average molecular weight is 246 g/mol. The van der Waals surface area contributed by atoms with Crippen molar-refractivity contribution < 1.29 is 0 Å². The first-order valence-corrected chi connectivity index (χ1v) is 6.69. The van der Waals surface area contributed by atoms with Crippen LogP contribution >= 0.6 is 11.3 Å². The summed E-state index contributed by atoms with van der Waals surface area (Å²) in [4.78, 5) is 7.78. The van der Waals surface area contributed by atoms with Gasteiger partial charge in [0.25, 0.3) is 0 Å². The molecule has 3 heteroatoms. The lowest BCUT2D eigenvalue weighted by Crippen LogP contribution is -2.14. The van der Waals surface area contributed by atoms with Crippen LogP contribution in [-0.2, 0) is 6.42 Å². The molecule has 90 valence electrons. The molecule has 2 nitrogen and oxygen atoms in total. The number of aryl methyl sites for hydroxylation is 1. The van der Waals surface area contributed by atoms with Crippen molar-refractivity contribution in [2.75, 3.05) is 20.6 Å². The number of hydrogen-bond donors (Lipinski definition) is 0. The molecule has 1 aromatic carbocycles. The van der Waals surface area contributed by atoms with Gasteiger partial charge in [0.2, 0.25) is 0 Å². The maximum absolute atomic E-state index is 4.29. The Bertz CT molecular complexity index is 471. The van der Waals surface area contributed by atoms with Crippen LogP contribution in [-0.4, -0.2) is 30.5 Å². The van der Waals surface area contributed by atoms with E-state index >= 15 is 0 Å². The van der Waals surface area contributed by atoms with Gasteiger partial charge in [-0.15, -0.1) is 11.3 Å². The van der Waals surface area contributed by atoms with Gasteiger partial charge in [0.15, 0.2) is 0 Å². The molecule has 0 saturated carbocycles. The van der Waals surface area contributed by atoms with E-state index in [1.165, 1.54) is 16.0 Å². The molecule has 0 atom stereocenters. The first kappa shape index (κ1) is 12.3. The molecule has 2 rings (SSSR count). The monoisotopic (exact) mass is 246 g/mol. The summed E-state index contributed by atoms with van der Waals surface area (Å²) in [6.45, 7) is 3.16. The van der Waals surface area contributed by atoms with Gasteiger partial charge in [0.1, 0.15) is 0 Å². The van der Waals surface area contributed by atoms with E-state index in [4.69, 9.17) is 0 Å². The van der Waals surface area contributed by atoms with Crippen LogP contribution < -0.4 is 0 Å². The Labute approximate surface area is 107 Å². The number of aromatic nitrogens is 1. The minimum atomic E-state index is 1.10. The first-order chi connectivity index (χ1) is 8.16. The van der Waals surface area contributed by atoms with Crippen molar-refractivity contribution >= 4 is 11.3 Å². The van der Waals surface area contributed by atoms with E-state index in [2.05, 4.69) is 55.2 Å². The fourth-order valence-corrected chi connectivity index (χ4v) is 2.57. The first-order valence-electron chi connectivity index (χ1n) is 5.81. The van der Waals surface area contributed by atoms with E-state index in [9.17, 15) is 0 Å². The standard InChI is InChI=1S/C14H18N2S/c1-11-14(17-10-15-11)13-6-4-12(5-7-13)8-9-16(2)3/h4-7,10H,8-9H2,1-3H3. The maximum atomic E-state index is 4.29. The Morgan fingerprint density at radius 3 is 2.41 bits per heavy atom. The molecule has 0 spiro atoms. The topological polar surface area (TPSA) is 16.1 Å². The highest BCUT2D eigenvalue weighted by Gasteiger charge is 2.04. The Morgan fingerprint density at radius 2 is 1.88 bits per heavy atom. The van der Waals surface area contributed by atoms with Crippen LogP contribution in [0.15, 0.2) is 29.8 Å². The van der Waals surface area contributed by atoms with Gasteiger partial charge in [-0.1, -0.05) is 24.3 Å². The highest BCUT2D eigenvalue weighted by molar-refractivity contribution is 7.13. The van der Waals surface area contributed by atoms with Crippen LogP contribution in [0, 0.1) is 6.92 Å². The van der Waals surface area contributed by atoms with Gasteiger partial charge in [0, 0.05) is 6.54 Å². The summed E-state index contributed by atoms with van der Waals surface area (Å²) in [5.41, 5.74) is 5.70. The molecule has 0 aliphatic carbocycles. The second-order valence-electron chi connectivity index (χ2n) is 4.52. The third-order valence-electron chi connectivity index (χ3n) is 2.81. The molecule has 1 heterocycles. The van der Waals surface area contributed by atoms with Gasteiger partial charge in [-0.2, -0.15) is 0 Å². The summed E-state index contributed by atoms with van der Waals surface area (Å²) in [6.07, 6.45) is 1.11. The zero-order valence-corrected chi connectivity index (χ0v) is 11.4. The van der Waals surface area contributed by atoms with Crippen molar-refractivity contribution in [2.24, 2.45) is 0 Å². The van der Waals surface area contributed by atoms with Crippen LogP contribution in [0.2, 0.25) is 0 Å². The summed E-state index contributed by atoms with van der Waals surface area (Å²) in [5.74, 6) is 0. The molecule has 0 amide bonds. The lowest BCUT2D eigenvalue weighted by molar-refractivity contribution is 0.413. The molecule has 17 heavy (non-hydrogen) atoms. The van der Waals surface area contributed by atoms with Crippen molar-refractivity contribution in [1.29, 1.82) is 0 Å². The second kappa shape index (κ2) is 5.43. The normalized spacial score (nSPS) is 11.1. The number of likely N-dealkylation sites (N-methyl/N-ethyl adjacent to an activating group) is 1. The summed E-state index contributed by atoms with van der Waals surface area (Å²) < 4.78 is 0. The van der Waals surface area contributed by atoms with Gasteiger partial charge >= 0.3 is 0 Å². The van der Waals surface area contributed by atoms with E-state index in [0.29, 0.717) is 0 Å². The quantitative estimate of drug-likeness (QED) is 0.823. The average Bonchev–Trinajstić information content (AvgIpc) is 2.73. The van der Waals surface area contributed by atoms with E-state index < -0.39 is 0 Å². The number of rotatable bonds is 4. The Kier molecular flexibility index (Phi) is 3.92. The highest BCUT2D eigenvalue weighted by Crippen LogP contribution is 2.27. The number of nitrogens with zero attached hydrogens (tertiary/aromatic N) is 2. The van der Waals surface area contributed by atoms with E-state index in [1.807, 2.05) is 5.51 Å². The van der Waals surface area contributed by atoms with Crippen molar-refractivity contribution in [3.63, 3.8) is 0 Å². The van der Waals surface area contributed by atoms with Gasteiger partial charge in [-0.25, -0.2) is 4.98 Å². The van der Waals surface area contributed by atoms with Crippen molar-refractivity contribution in [1.82, 2.24) is 9.88 Å². The summed E-state index contributed by atoms with van der Waals surface area (Å²) in [7, 11) is 4.21. The zero-order chi connectivity index (χ0) is 12.3. The summed E-state index contributed by atoms with van der Waals surface area (Å²) in [6, 6.07) is 8.84. The predicted octanol–water partition coefficient (Wildman–Crippen LogP) is 3.22. The molecule has 0 bridgehead atoms. The van der Waals surface area contributed by atoms with Gasteiger partial charge in [-0.3, -0.25) is 0 Å². The smallest absolute Gasteiger partial charge is 0.0801 e. The van der Waals surface area contributed by atoms with Crippen molar-refractivity contribution in [3.8, 4) is 10.4 Å². The SMILES string of the molecule is Cc1ncsc1-c1ccc(CCN(C)C)cc1. The summed E-state index contributed by atoms with van der Waals surface area (Å²) >= 11 is 1.71. The van der Waals surface area contributed by atoms with Crippen LogP contribution in [0.1, 0.15) is 11.3 Å². The van der Waals surface area contributed by atoms with Crippen LogP contribution in [0.5, 0.6) is 0 Å². The molecule has 0 aliphatic heterocycles. The number of hydrogen-bond acceptors (Lipinski definition) is 3. The Hall–Kier alpha value is -1.19. The lowest BCUT2D eigenvalue weighted by Gasteiger charge is -2.09.